The van der Waals surface area contributed by atoms with Crippen LogP contribution in [0.1, 0.15) is 5.69 Å². The lowest BCUT2D eigenvalue weighted by molar-refractivity contribution is 0.931. The van der Waals surface area contributed by atoms with Crippen LogP contribution in [0.3, 0.4) is 0 Å². The lowest BCUT2D eigenvalue weighted by Crippen LogP contribution is -2.45. The number of aromatic nitrogens is 2. The first-order valence-electron chi connectivity index (χ1n) is 5.69. The number of nitrogens with zero attached hydrogens (tertiary/aromatic N) is 4. The van der Waals surface area contributed by atoms with Crippen molar-refractivity contribution >= 4 is 23.7 Å². The Hall–Kier alpha value is -2.40. The Balaban J connectivity index is 2.46. The number of hydrogen-bond donors (Lipinski definition) is 0. The van der Waals surface area contributed by atoms with Crippen molar-refractivity contribution in [2.75, 3.05) is 0 Å². The second kappa shape index (κ2) is 4.47. The lowest BCUT2D eigenvalue weighted by Gasteiger charge is -2.10. The minimum Gasteiger partial charge on any atom is -0.364 e. The summed E-state index contributed by atoms with van der Waals surface area (Å²) in [7, 11) is 3.79. The summed E-state index contributed by atoms with van der Waals surface area (Å²) >= 11 is 0. The molecule has 2 aromatic rings. The molecule has 0 bridgehead atoms. The zero-order valence-corrected chi connectivity index (χ0v) is 10.7. The van der Waals surface area contributed by atoms with Crippen molar-refractivity contribution in [1.82, 2.24) is 9.13 Å². The van der Waals surface area contributed by atoms with Crippen LogP contribution in [0.25, 0.3) is 4.85 Å². The largest absolute Gasteiger partial charge is 0.364 e. The van der Waals surface area contributed by atoms with Crippen molar-refractivity contribution < 1.29 is 0 Å². The molecule has 0 aliphatic carbocycles. The highest BCUT2D eigenvalue weighted by Crippen LogP contribution is 2.10. The zero-order chi connectivity index (χ0) is 13.3. The summed E-state index contributed by atoms with van der Waals surface area (Å²) in [6.45, 7) is 9.31. The minimum atomic E-state index is 0.151. The van der Waals surface area contributed by atoms with Gasteiger partial charge < -0.3 is 14.0 Å². The minimum absolute atomic E-state index is 0.151. The van der Waals surface area contributed by atoms with Gasteiger partial charge in [0.25, 0.3) is 6.71 Å². The molecule has 0 atom stereocenters. The number of rotatable bonds is 2. The van der Waals surface area contributed by atoms with E-state index in [0.29, 0.717) is 11.5 Å². The van der Waals surface area contributed by atoms with E-state index in [1.54, 1.807) is 0 Å². The molecule has 0 N–H and O–H groups in total. The van der Waals surface area contributed by atoms with Gasteiger partial charge in [-0.3, -0.25) is 0 Å². The molecule has 18 heavy (non-hydrogen) atoms. The van der Waals surface area contributed by atoms with Gasteiger partial charge in [0.2, 0.25) is 5.82 Å². The van der Waals surface area contributed by atoms with Crippen molar-refractivity contribution in [3.63, 3.8) is 0 Å². The van der Waals surface area contributed by atoms with Crippen LogP contribution >= 0.6 is 0 Å². The second-order valence-corrected chi connectivity index (χ2v) is 4.32. The van der Waals surface area contributed by atoms with Crippen LogP contribution in [0.15, 0.2) is 24.3 Å². The van der Waals surface area contributed by atoms with E-state index in [1.807, 2.05) is 47.5 Å². The number of nitriles is 1. The first-order valence-corrected chi connectivity index (χ1v) is 5.69. The van der Waals surface area contributed by atoms with E-state index in [-0.39, 0.29) is 6.71 Å². The van der Waals surface area contributed by atoms with E-state index in [4.69, 9.17) is 11.8 Å². The van der Waals surface area contributed by atoms with Crippen molar-refractivity contribution in [3.05, 3.63) is 41.4 Å². The molecular formula is C13H13BN4. The van der Waals surface area contributed by atoms with Crippen LogP contribution in [-0.2, 0) is 14.1 Å². The fourth-order valence-electron chi connectivity index (χ4n) is 2.29. The molecule has 0 amide bonds. The van der Waals surface area contributed by atoms with E-state index in [9.17, 15) is 0 Å². The molecule has 0 saturated heterocycles. The quantitative estimate of drug-likeness (QED) is 0.566. The molecule has 0 unspecified atom stereocenters. The van der Waals surface area contributed by atoms with E-state index >= 15 is 0 Å². The average molecular weight is 236 g/mol. The molecule has 4 nitrogen and oxygen atoms in total. The van der Waals surface area contributed by atoms with Gasteiger partial charge in [0, 0.05) is 7.05 Å². The summed E-state index contributed by atoms with van der Waals surface area (Å²) in [5.41, 5.74) is 2.80. The van der Waals surface area contributed by atoms with Gasteiger partial charge in [-0.25, -0.2) is 0 Å². The van der Waals surface area contributed by atoms with Gasteiger partial charge in [-0.05, 0) is 29.9 Å². The SMILES string of the molecule is [C-]#[N+]c1ccc(B(C)c2ccc(C#N)n2C)n1C. The third kappa shape index (κ3) is 1.71. The van der Waals surface area contributed by atoms with Gasteiger partial charge in [-0.2, -0.15) is 5.26 Å². The molecular weight excluding hydrogens is 223 g/mol. The first-order chi connectivity index (χ1) is 8.60. The van der Waals surface area contributed by atoms with Gasteiger partial charge in [0.15, 0.2) is 0 Å². The molecule has 0 aliphatic heterocycles. The molecule has 5 heteroatoms. The molecule has 0 fully saturated rings. The maximum Gasteiger partial charge on any atom is 0.276 e. The molecule has 0 aliphatic rings. The highest BCUT2D eigenvalue weighted by atomic mass is 15.0. The van der Waals surface area contributed by atoms with Gasteiger partial charge in [0.1, 0.15) is 11.8 Å². The van der Waals surface area contributed by atoms with Gasteiger partial charge in [0.05, 0.1) is 12.6 Å². The monoisotopic (exact) mass is 236 g/mol. The third-order valence-electron chi connectivity index (χ3n) is 3.41. The second-order valence-electron chi connectivity index (χ2n) is 4.32. The molecule has 88 valence electrons. The van der Waals surface area contributed by atoms with Gasteiger partial charge in [-0.1, -0.05) is 13.4 Å². The predicted octanol–water partition coefficient (Wildman–Crippen LogP) is 1.02. The molecule has 2 rings (SSSR count). The van der Waals surface area contributed by atoms with Crippen LogP contribution in [0.5, 0.6) is 0 Å². The van der Waals surface area contributed by atoms with E-state index in [0.717, 1.165) is 11.2 Å². The fourth-order valence-corrected chi connectivity index (χ4v) is 2.29. The maximum absolute atomic E-state index is 8.97. The molecule has 0 spiro atoms. The highest BCUT2D eigenvalue weighted by Gasteiger charge is 2.23. The number of hydrogen-bond acceptors (Lipinski definition) is 1. The van der Waals surface area contributed by atoms with Crippen molar-refractivity contribution in [3.8, 4) is 6.07 Å². The van der Waals surface area contributed by atoms with E-state index in [1.165, 1.54) is 0 Å². The Bertz CT molecular complexity index is 608. The van der Waals surface area contributed by atoms with Crippen molar-refractivity contribution in [2.45, 2.75) is 6.82 Å². The lowest BCUT2D eigenvalue weighted by atomic mass is 9.46. The van der Waals surface area contributed by atoms with E-state index < -0.39 is 0 Å². The standard InChI is InChI=1S/C13H13BN4/c1-14(11-6-5-10(9-15)17(11)3)12-7-8-13(16-2)18(12)4/h5-8H,1,3-4H3. The Morgan fingerprint density at radius 3 is 2.28 bits per heavy atom. The van der Waals surface area contributed by atoms with Crippen LogP contribution in [0.4, 0.5) is 5.82 Å². The summed E-state index contributed by atoms with van der Waals surface area (Å²) in [4.78, 5) is 3.46. The van der Waals surface area contributed by atoms with Crippen molar-refractivity contribution in [2.24, 2.45) is 14.1 Å². The Labute approximate surface area is 107 Å². The Kier molecular flexibility index (Phi) is 2.99. The molecule has 2 heterocycles. The predicted molar refractivity (Wildman–Crippen MR) is 72.7 cm³/mol. The molecule has 0 saturated carbocycles. The van der Waals surface area contributed by atoms with Crippen molar-refractivity contribution in [1.29, 1.82) is 5.26 Å². The smallest absolute Gasteiger partial charge is 0.276 e. The first kappa shape index (κ1) is 12.1. The van der Waals surface area contributed by atoms with Gasteiger partial charge in [-0.15, -0.1) is 0 Å². The summed E-state index contributed by atoms with van der Waals surface area (Å²) in [6.07, 6.45) is 0. The summed E-state index contributed by atoms with van der Waals surface area (Å²) < 4.78 is 3.80. The Morgan fingerprint density at radius 1 is 1.17 bits per heavy atom. The summed E-state index contributed by atoms with van der Waals surface area (Å²) in [5, 5.41) is 8.97. The zero-order valence-electron chi connectivity index (χ0n) is 10.7. The average Bonchev–Trinajstić information content (AvgIpc) is 2.91. The molecule has 0 radical (unpaired) electrons. The fraction of sp³-hybridized carbons (Fsp3) is 0.231. The third-order valence-corrected chi connectivity index (χ3v) is 3.41. The highest BCUT2D eigenvalue weighted by molar-refractivity contribution is 6.83. The van der Waals surface area contributed by atoms with Crippen LogP contribution in [0, 0.1) is 17.9 Å². The summed E-state index contributed by atoms with van der Waals surface area (Å²) in [6, 6.07) is 9.75. The van der Waals surface area contributed by atoms with Crippen LogP contribution in [0.2, 0.25) is 6.82 Å². The molecule has 2 aromatic heterocycles. The Morgan fingerprint density at radius 2 is 1.78 bits per heavy atom. The van der Waals surface area contributed by atoms with Crippen LogP contribution < -0.4 is 11.2 Å². The van der Waals surface area contributed by atoms with E-state index in [2.05, 4.69) is 17.7 Å². The molecule has 0 aromatic carbocycles. The normalized spacial score (nSPS) is 9.83. The van der Waals surface area contributed by atoms with Gasteiger partial charge >= 0.3 is 0 Å². The summed E-state index contributed by atoms with van der Waals surface area (Å²) in [5.74, 6) is 0.631. The topological polar surface area (TPSA) is 38.0 Å². The maximum atomic E-state index is 8.97. The van der Waals surface area contributed by atoms with Crippen LogP contribution in [-0.4, -0.2) is 15.8 Å².